The van der Waals surface area contributed by atoms with Gasteiger partial charge in [0.2, 0.25) is 5.95 Å². The third-order valence-electron chi connectivity index (χ3n) is 6.25. The Bertz CT molecular complexity index is 1370. The van der Waals surface area contributed by atoms with Crippen molar-refractivity contribution in [2.75, 3.05) is 69.4 Å². The number of aromatic nitrogens is 3. The molecule has 0 saturated carbocycles. The highest BCUT2D eigenvalue weighted by molar-refractivity contribution is 5.97. The topological polar surface area (TPSA) is 104 Å². The van der Waals surface area contributed by atoms with Gasteiger partial charge in [0.1, 0.15) is 29.5 Å². The highest BCUT2D eigenvalue weighted by Crippen LogP contribution is 2.33. The highest BCUT2D eigenvalue weighted by Gasteiger charge is 2.17. The van der Waals surface area contributed by atoms with Gasteiger partial charge >= 0.3 is 0 Å². The van der Waals surface area contributed by atoms with E-state index in [1.54, 1.807) is 24.4 Å². The first-order valence-electron chi connectivity index (χ1n) is 12.3. The first kappa shape index (κ1) is 24.7. The molecule has 1 aliphatic heterocycles. The molecule has 1 saturated heterocycles. The Morgan fingerprint density at radius 1 is 1.08 bits per heavy atom. The van der Waals surface area contributed by atoms with Crippen molar-refractivity contribution in [3.8, 4) is 17.0 Å². The monoisotopic (exact) mass is 502 g/mol. The summed E-state index contributed by atoms with van der Waals surface area (Å²) in [7, 11) is 3.94. The third kappa shape index (κ3) is 5.71. The van der Waals surface area contributed by atoms with Gasteiger partial charge in [-0.3, -0.25) is 4.98 Å². The maximum atomic E-state index is 15.0. The average molecular weight is 503 g/mol. The number of halogens is 1. The SMILES string of the molecule is CN(C)CCOc1ccc(F)c(-c2nccc3c(N)nc(Nc4ccc(N5CCNCC5)cc4)nc23)c1. The Morgan fingerprint density at radius 3 is 2.62 bits per heavy atom. The molecule has 0 atom stereocenters. The van der Waals surface area contributed by atoms with Crippen molar-refractivity contribution in [3.63, 3.8) is 0 Å². The molecule has 0 amide bonds. The number of benzene rings is 2. The van der Waals surface area contributed by atoms with Gasteiger partial charge < -0.3 is 30.9 Å². The van der Waals surface area contributed by atoms with Crippen LogP contribution in [0.5, 0.6) is 5.75 Å². The van der Waals surface area contributed by atoms with Crippen LogP contribution in [0.15, 0.2) is 54.7 Å². The van der Waals surface area contributed by atoms with Crippen molar-refractivity contribution in [3.05, 3.63) is 60.5 Å². The number of fused-ring (bicyclic) bond motifs is 1. The minimum Gasteiger partial charge on any atom is -0.492 e. The number of nitrogen functional groups attached to an aromatic ring is 1. The maximum absolute atomic E-state index is 15.0. The van der Waals surface area contributed by atoms with E-state index in [2.05, 4.69) is 42.6 Å². The number of ether oxygens (including phenoxy) is 1. The van der Waals surface area contributed by atoms with Crippen LogP contribution in [0.1, 0.15) is 0 Å². The normalized spacial score (nSPS) is 13.8. The summed E-state index contributed by atoms with van der Waals surface area (Å²) in [6.45, 7) is 5.14. The fourth-order valence-corrected chi connectivity index (χ4v) is 4.26. The minimum absolute atomic E-state index is 0.285. The zero-order chi connectivity index (χ0) is 25.8. The largest absolute Gasteiger partial charge is 0.492 e. The van der Waals surface area contributed by atoms with Crippen molar-refractivity contribution >= 4 is 34.0 Å². The van der Waals surface area contributed by atoms with Crippen LogP contribution in [-0.2, 0) is 0 Å². The summed E-state index contributed by atoms with van der Waals surface area (Å²) in [5.74, 6) is 0.734. The van der Waals surface area contributed by atoms with Crippen LogP contribution >= 0.6 is 0 Å². The summed E-state index contributed by atoms with van der Waals surface area (Å²) in [6.07, 6.45) is 1.58. The maximum Gasteiger partial charge on any atom is 0.229 e. The summed E-state index contributed by atoms with van der Waals surface area (Å²) >= 11 is 0. The summed E-state index contributed by atoms with van der Waals surface area (Å²) in [4.78, 5) is 17.9. The molecule has 0 unspecified atom stereocenters. The smallest absolute Gasteiger partial charge is 0.229 e. The zero-order valence-electron chi connectivity index (χ0n) is 21.0. The van der Waals surface area contributed by atoms with Gasteiger partial charge in [0.25, 0.3) is 0 Å². The summed E-state index contributed by atoms with van der Waals surface area (Å²) in [5.41, 5.74) is 9.40. The molecule has 9 nitrogen and oxygen atoms in total. The van der Waals surface area contributed by atoms with Gasteiger partial charge in [0.05, 0.1) is 5.69 Å². The molecule has 5 rings (SSSR count). The lowest BCUT2D eigenvalue weighted by Gasteiger charge is -2.29. The Morgan fingerprint density at radius 2 is 1.86 bits per heavy atom. The van der Waals surface area contributed by atoms with Gasteiger partial charge in [-0.05, 0) is 62.6 Å². The molecular weight excluding hydrogens is 471 g/mol. The quantitative estimate of drug-likeness (QED) is 0.334. The lowest BCUT2D eigenvalue weighted by molar-refractivity contribution is 0.261. The second kappa shape index (κ2) is 10.9. The molecule has 0 aliphatic carbocycles. The fraction of sp³-hybridized carbons (Fsp3) is 0.296. The second-order valence-corrected chi connectivity index (χ2v) is 9.19. The first-order chi connectivity index (χ1) is 18.0. The van der Waals surface area contributed by atoms with Gasteiger partial charge in [-0.1, -0.05) is 0 Å². The van der Waals surface area contributed by atoms with Crippen molar-refractivity contribution in [2.24, 2.45) is 0 Å². The van der Waals surface area contributed by atoms with Gasteiger partial charge in [0.15, 0.2) is 0 Å². The molecule has 0 radical (unpaired) electrons. The van der Waals surface area contributed by atoms with Crippen LogP contribution in [-0.4, -0.2) is 73.3 Å². The molecule has 192 valence electrons. The highest BCUT2D eigenvalue weighted by atomic mass is 19.1. The molecule has 0 bridgehead atoms. The van der Waals surface area contributed by atoms with E-state index in [9.17, 15) is 4.39 Å². The zero-order valence-corrected chi connectivity index (χ0v) is 21.0. The molecular formula is C27H31FN8O. The molecule has 37 heavy (non-hydrogen) atoms. The number of hydrogen-bond acceptors (Lipinski definition) is 9. The molecule has 10 heteroatoms. The van der Waals surface area contributed by atoms with Crippen molar-refractivity contribution in [1.29, 1.82) is 0 Å². The number of pyridine rings is 1. The van der Waals surface area contributed by atoms with Crippen LogP contribution in [0.25, 0.3) is 22.2 Å². The van der Waals surface area contributed by atoms with E-state index in [0.29, 0.717) is 34.9 Å². The number of anilines is 4. The Kier molecular flexibility index (Phi) is 7.29. The number of piperazine rings is 1. The molecule has 0 spiro atoms. The molecule has 4 aromatic rings. The van der Waals surface area contributed by atoms with E-state index >= 15 is 0 Å². The van der Waals surface area contributed by atoms with Crippen LogP contribution in [0.2, 0.25) is 0 Å². The first-order valence-corrected chi connectivity index (χ1v) is 12.3. The summed E-state index contributed by atoms with van der Waals surface area (Å²) in [5, 5.41) is 7.19. The standard InChI is InChI=1S/C27H31FN8O/c1-35(2)15-16-37-20-7-8-23(28)22(17-20)24-25-21(9-10-31-24)26(29)34-27(33-25)32-18-3-5-19(6-4-18)36-13-11-30-12-14-36/h3-10,17,30H,11-16H2,1-2H3,(H3,29,32,33,34). The van der Waals surface area contributed by atoms with Gasteiger partial charge in [-0.15, -0.1) is 0 Å². The lowest BCUT2D eigenvalue weighted by atomic mass is 10.1. The van der Waals surface area contributed by atoms with Crippen LogP contribution in [0, 0.1) is 5.82 Å². The average Bonchev–Trinajstić information content (AvgIpc) is 2.90. The summed E-state index contributed by atoms with van der Waals surface area (Å²) in [6, 6.07) is 14.5. The molecule has 1 fully saturated rings. The molecule has 2 aromatic carbocycles. The van der Waals surface area contributed by atoms with Crippen molar-refractivity contribution in [2.45, 2.75) is 0 Å². The van der Waals surface area contributed by atoms with E-state index in [4.69, 9.17) is 10.5 Å². The van der Waals surface area contributed by atoms with Gasteiger partial charge in [-0.25, -0.2) is 9.37 Å². The number of nitrogens with zero attached hydrogens (tertiary/aromatic N) is 5. The molecule has 1 aliphatic rings. The van der Waals surface area contributed by atoms with Crippen LogP contribution < -0.4 is 26.0 Å². The Balaban J connectivity index is 1.44. The van der Waals surface area contributed by atoms with Crippen molar-refractivity contribution < 1.29 is 9.13 Å². The summed E-state index contributed by atoms with van der Waals surface area (Å²) < 4.78 is 20.8. The second-order valence-electron chi connectivity index (χ2n) is 9.19. The molecule has 3 heterocycles. The number of rotatable bonds is 8. The molecule has 4 N–H and O–H groups in total. The minimum atomic E-state index is -0.421. The number of hydrogen-bond donors (Lipinski definition) is 3. The van der Waals surface area contributed by atoms with Crippen molar-refractivity contribution in [1.82, 2.24) is 25.2 Å². The predicted octanol–water partition coefficient (Wildman–Crippen LogP) is 3.51. The Hall–Kier alpha value is -4.02. The number of likely N-dealkylation sites (N-methyl/N-ethyl adjacent to an activating group) is 1. The third-order valence-corrected chi connectivity index (χ3v) is 6.25. The van der Waals surface area contributed by atoms with Gasteiger partial charge in [-0.2, -0.15) is 4.98 Å². The van der Waals surface area contributed by atoms with E-state index in [1.807, 2.05) is 31.1 Å². The fourth-order valence-electron chi connectivity index (χ4n) is 4.26. The van der Waals surface area contributed by atoms with Crippen LogP contribution in [0.3, 0.4) is 0 Å². The van der Waals surface area contributed by atoms with E-state index in [1.165, 1.54) is 11.8 Å². The predicted molar refractivity (Wildman–Crippen MR) is 146 cm³/mol. The lowest BCUT2D eigenvalue weighted by Crippen LogP contribution is -2.43. The van der Waals surface area contributed by atoms with E-state index in [0.717, 1.165) is 38.4 Å². The van der Waals surface area contributed by atoms with Crippen LogP contribution in [0.4, 0.5) is 27.5 Å². The molecule has 2 aromatic heterocycles. The number of nitrogens with one attached hydrogen (secondary N) is 2. The Labute approximate surface area is 215 Å². The number of nitrogens with two attached hydrogens (primary N) is 1. The van der Waals surface area contributed by atoms with E-state index in [-0.39, 0.29) is 11.4 Å². The van der Waals surface area contributed by atoms with Gasteiger partial charge in [0, 0.05) is 61.2 Å². The van der Waals surface area contributed by atoms with E-state index < -0.39 is 5.82 Å².